The molecule has 0 aliphatic carbocycles. The van der Waals surface area contributed by atoms with Crippen LogP contribution in [0.1, 0.15) is 5.01 Å². The molecule has 0 unspecified atom stereocenters. The van der Waals surface area contributed by atoms with Crippen LogP contribution >= 0.6 is 23.1 Å². The monoisotopic (exact) mass is 268 g/mol. The van der Waals surface area contributed by atoms with Crippen molar-refractivity contribution in [1.82, 2.24) is 30.4 Å². The second-order valence-electron chi connectivity index (χ2n) is 2.56. The van der Waals surface area contributed by atoms with Crippen molar-refractivity contribution in [2.45, 2.75) is 15.7 Å². The molecule has 0 atom stereocenters. The lowest BCUT2D eigenvalue weighted by Gasteiger charge is -1.97. The number of rotatable bonds is 2. The zero-order chi connectivity index (χ0) is 11.8. The summed E-state index contributed by atoms with van der Waals surface area (Å²) < 4.78 is 38.1. The molecular formula is C5H3F3N6S2. The molecule has 0 aromatic carbocycles. The Morgan fingerprint density at radius 3 is 2.50 bits per heavy atom. The first-order chi connectivity index (χ1) is 7.47. The van der Waals surface area contributed by atoms with Gasteiger partial charge in [0.25, 0.3) is 0 Å². The van der Waals surface area contributed by atoms with Crippen molar-refractivity contribution in [3.8, 4) is 0 Å². The molecule has 11 heteroatoms. The van der Waals surface area contributed by atoms with Crippen LogP contribution in [-0.2, 0) is 13.2 Å². The van der Waals surface area contributed by atoms with Crippen molar-refractivity contribution >= 4 is 23.1 Å². The van der Waals surface area contributed by atoms with Gasteiger partial charge in [-0.2, -0.15) is 13.2 Å². The van der Waals surface area contributed by atoms with E-state index in [0.29, 0.717) is 16.5 Å². The zero-order valence-corrected chi connectivity index (χ0v) is 9.27. The predicted molar refractivity (Wildman–Crippen MR) is 47.8 cm³/mol. The molecule has 0 radical (unpaired) electrons. The zero-order valence-electron chi connectivity index (χ0n) is 7.63. The van der Waals surface area contributed by atoms with Gasteiger partial charge in [0.2, 0.25) is 10.2 Å². The van der Waals surface area contributed by atoms with Gasteiger partial charge in [0, 0.05) is 7.05 Å². The molecule has 0 N–H and O–H groups in total. The van der Waals surface area contributed by atoms with E-state index in [-0.39, 0.29) is 4.34 Å². The smallest absolute Gasteiger partial charge is 0.223 e. The van der Waals surface area contributed by atoms with Crippen molar-refractivity contribution in [3.63, 3.8) is 0 Å². The Morgan fingerprint density at radius 1 is 1.25 bits per heavy atom. The molecule has 0 saturated carbocycles. The van der Waals surface area contributed by atoms with Crippen LogP contribution in [0.4, 0.5) is 13.2 Å². The van der Waals surface area contributed by atoms with Crippen LogP contribution in [0, 0.1) is 0 Å². The highest BCUT2D eigenvalue weighted by atomic mass is 32.2. The maximum Gasteiger partial charge on any atom is 0.445 e. The summed E-state index contributed by atoms with van der Waals surface area (Å²) in [6.07, 6.45) is -4.46. The molecule has 0 aliphatic rings. The van der Waals surface area contributed by atoms with E-state index in [9.17, 15) is 13.2 Å². The highest BCUT2D eigenvalue weighted by molar-refractivity contribution is 8.00. The fourth-order valence-electron chi connectivity index (χ4n) is 0.751. The van der Waals surface area contributed by atoms with E-state index in [1.165, 1.54) is 4.68 Å². The van der Waals surface area contributed by atoms with Gasteiger partial charge >= 0.3 is 6.18 Å². The highest BCUT2D eigenvalue weighted by Crippen LogP contribution is 2.35. The lowest BCUT2D eigenvalue weighted by atomic mass is 10.7. The van der Waals surface area contributed by atoms with Gasteiger partial charge in [-0.05, 0) is 22.2 Å². The standard InChI is InChI=1S/C5H3F3N6S2/c1-14-3(10-12-13-14)16-4-11-9-2(15-4)5(6,7)8/h1H3. The molecule has 0 bridgehead atoms. The molecule has 2 rings (SSSR count). The number of alkyl halides is 3. The number of nitrogens with zero attached hydrogens (tertiary/aromatic N) is 6. The first kappa shape index (κ1) is 11.3. The summed E-state index contributed by atoms with van der Waals surface area (Å²) in [5.41, 5.74) is 0. The molecule has 0 spiro atoms. The largest absolute Gasteiger partial charge is 0.445 e. The van der Waals surface area contributed by atoms with Crippen LogP contribution in [0.25, 0.3) is 0 Å². The van der Waals surface area contributed by atoms with Crippen LogP contribution < -0.4 is 0 Å². The number of aryl methyl sites for hydroxylation is 1. The van der Waals surface area contributed by atoms with E-state index >= 15 is 0 Å². The van der Waals surface area contributed by atoms with Crippen molar-refractivity contribution < 1.29 is 13.2 Å². The van der Waals surface area contributed by atoms with E-state index < -0.39 is 11.2 Å². The third kappa shape index (κ3) is 2.29. The molecule has 86 valence electrons. The topological polar surface area (TPSA) is 69.4 Å². The Kier molecular flexibility index (Phi) is 2.80. The second-order valence-corrected chi connectivity index (χ2v) is 4.75. The van der Waals surface area contributed by atoms with Crippen LogP contribution in [0.15, 0.2) is 9.50 Å². The molecule has 2 aromatic rings. The molecule has 2 aromatic heterocycles. The SMILES string of the molecule is Cn1nnnc1Sc1nnc(C(F)(F)F)s1. The molecular weight excluding hydrogens is 265 g/mol. The number of hydrogen-bond acceptors (Lipinski definition) is 7. The number of hydrogen-bond donors (Lipinski definition) is 0. The first-order valence-electron chi connectivity index (χ1n) is 3.78. The summed E-state index contributed by atoms with van der Waals surface area (Å²) in [5.74, 6) is 0. The van der Waals surface area contributed by atoms with E-state index in [2.05, 4.69) is 25.7 Å². The molecule has 16 heavy (non-hydrogen) atoms. The van der Waals surface area contributed by atoms with Crippen LogP contribution in [0.5, 0.6) is 0 Å². The van der Waals surface area contributed by atoms with E-state index in [1.54, 1.807) is 7.05 Å². The third-order valence-corrected chi connectivity index (χ3v) is 3.46. The predicted octanol–water partition coefficient (Wildman–Crippen LogP) is 1.23. The molecule has 0 aliphatic heterocycles. The normalized spacial score (nSPS) is 12.0. The van der Waals surface area contributed by atoms with Gasteiger partial charge in [-0.15, -0.1) is 15.3 Å². The van der Waals surface area contributed by atoms with Gasteiger partial charge in [-0.1, -0.05) is 11.3 Å². The summed E-state index contributed by atoms with van der Waals surface area (Å²) >= 11 is 1.38. The Morgan fingerprint density at radius 2 is 2.00 bits per heavy atom. The minimum atomic E-state index is -4.46. The lowest BCUT2D eigenvalue weighted by Crippen LogP contribution is -2.03. The Balaban J connectivity index is 2.18. The van der Waals surface area contributed by atoms with Crippen LogP contribution in [-0.4, -0.2) is 30.4 Å². The maximum absolute atomic E-state index is 12.2. The van der Waals surface area contributed by atoms with Crippen LogP contribution in [0.2, 0.25) is 0 Å². The fraction of sp³-hybridized carbons (Fsp3) is 0.400. The van der Waals surface area contributed by atoms with Gasteiger partial charge in [0.15, 0.2) is 4.34 Å². The Hall–Kier alpha value is -1.23. The molecule has 0 amide bonds. The number of aromatic nitrogens is 6. The van der Waals surface area contributed by atoms with Gasteiger partial charge in [0.1, 0.15) is 0 Å². The molecule has 0 fully saturated rings. The Labute approximate surface area is 94.9 Å². The second kappa shape index (κ2) is 3.97. The highest BCUT2D eigenvalue weighted by Gasteiger charge is 2.35. The average Bonchev–Trinajstić information content (AvgIpc) is 2.76. The van der Waals surface area contributed by atoms with Gasteiger partial charge < -0.3 is 0 Å². The molecule has 2 heterocycles. The average molecular weight is 268 g/mol. The number of halogens is 3. The van der Waals surface area contributed by atoms with Crippen molar-refractivity contribution in [2.75, 3.05) is 0 Å². The van der Waals surface area contributed by atoms with Crippen molar-refractivity contribution in [1.29, 1.82) is 0 Å². The summed E-state index contributed by atoms with van der Waals surface area (Å²) in [6, 6.07) is 0. The summed E-state index contributed by atoms with van der Waals surface area (Å²) in [6.45, 7) is 0. The third-order valence-electron chi connectivity index (χ3n) is 1.41. The van der Waals surface area contributed by atoms with Crippen LogP contribution in [0.3, 0.4) is 0 Å². The summed E-state index contributed by atoms with van der Waals surface area (Å²) in [5, 5.41) is 16.3. The van der Waals surface area contributed by atoms with E-state index in [4.69, 9.17) is 0 Å². The van der Waals surface area contributed by atoms with Gasteiger partial charge in [-0.25, -0.2) is 4.68 Å². The molecule has 6 nitrogen and oxygen atoms in total. The van der Waals surface area contributed by atoms with Crippen molar-refractivity contribution in [2.24, 2.45) is 7.05 Å². The van der Waals surface area contributed by atoms with Crippen molar-refractivity contribution in [3.05, 3.63) is 5.01 Å². The fourth-order valence-corrected chi connectivity index (χ4v) is 2.31. The first-order valence-corrected chi connectivity index (χ1v) is 5.41. The summed E-state index contributed by atoms with van der Waals surface area (Å²) in [4.78, 5) is 0. The quantitative estimate of drug-likeness (QED) is 0.816. The molecule has 0 saturated heterocycles. The van der Waals surface area contributed by atoms with Gasteiger partial charge in [0.05, 0.1) is 0 Å². The maximum atomic E-state index is 12.2. The Bertz CT molecular complexity index is 490. The van der Waals surface area contributed by atoms with E-state index in [1.807, 2.05) is 0 Å². The van der Waals surface area contributed by atoms with Gasteiger partial charge in [-0.3, -0.25) is 0 Å². The lowest BCUT2D eigenvalue weighted by molar-refractivity contribution is -0.138. The minimum Gasteiger partial charge on any atom is -0.223 e. The summed E-state index contributed by atoms with van der Waals surface area (Å²) in [7, 11) is 1.58. The number of tetrazole rings is 1. The minimum absolute atomic E-state index is 0.144. The van der Waals surface area contributed by atoms with E-state index in [0.717, 1.165) is 11.8 Å².